The van der Waals surface area contributed by atoms with Crippen molar-refractivity contribution in [3.8, 4) is 0 Å². The van der Waals surface area contributed by atoms with Gasteiger partial charge in [-0.1, -0.05) is 18.2 Å². The Hall–Kier alpha value is -2.43. The minimum Gasteiger partial charge on any atom is -0.341 e. The first-order valence-electron chi connectivity index (χ1n) is 8.03. The normalized spacial score (nSPS) is 19.3. The van der Waals surface area contributed by atoms with E-state index in [2.05, 4.69) is 20.9 Å². The molecule has 1 amide bonds. The van der Waals surface area contributed by atoms with Crippen LogP contribution >= 0.6 is 0 Å². The molecule has 1 fully saturated rings. The minimum atomic E-state index is -0.369. The molecule has 5 nitrogen and oxygen atoms in total. The molecule has 0 aliphatic carbocycles. The molecule has 1 aromatic carbocycles. The second-order valence-corrected chi connectivity index (χ2v) is 6.51. The van der Waals surface area contributed by atoms with Crippen molar-refractivity contribution < 1.29 is 4.79 Å². The van der Waals surface area contributed by atoms with Crippen LogP contribution in [0.4, 0.5) is 11.6 Å². The minimum absolute atomic E-state index is 0.225. The van der Waals surface area contributed by atoms with Crippen molar-refractivity contribution in [3.63, 3.8) is 0 Å². The molecule has 0 N–H and O–H groups in total. The number of hydrogen-bond acceptors (Lipinski definition) is 4. The first-order chi connectivity index (χ1) is 11.1. The first kappa shape index (κ1) is 14.2. The number of carbonyl (C=O) groups excluding carboxylic acids is 1. The van der Waals surface area contributed by atoms with Gasteiger partial charge in [-0.05, 0) is 37.0 Å². The SMILES string of the molecule is Cc1cnc(N2CCC3(CC2)C(=O)N(C)c2ccccc23)nc1. The summed E-state index contributed by atoms with van der Waals surface area (Å²) in [5.41, 5.74) is 2.92. The van der Waals surface area contributed by atoms with Gasteiger partial charge >= 0.3 is 0 Å². The summed E-state index contributed by atoms with van der Waals surface area (Å²) in [4.78, 5) is 25.7. The van der Waals surface area contributed by atoms with Crippen molar-refractivity contribution in [2.45, 2.75) is 25.2 Å². The van der Waals surface area contributed by atoms with Gasteiger partial charge in [-0.15, -0.1) is 0 Å². The summed E-state index contributed by atoms with van der Waals surface area (Å²) in [5.74, 6) is 0.987. The quantitative estimate of drug-likeness (QED) is 0.811. The number of para-hydroxylation sites is 1. The molecule has 0 atom stereocenters. The lowest BCUT2D eigenvalue weighted by molar-refractivity contribution is -0.123. The van der Waals surface area contributed by atoms with E-state index in [0.717, 1.165) is 43.1 Å². The van der Waals surface area contributed by atoms with Crippen LogP contribution < -0.4 is 9.80 Å². The van der Waals surface area contributed by atoms with E-state index in [1.807, 2.05) is 49.5 Å². The fraction of sp³-hybridized carbons (Fsp3) is 0.389. The summed E-state index contributed by atoms with van der Waals surface area (Å²) >= 11 is 0. The van der Waals surface area contributed by atoms with Gasteiger partial charge in [-0.3, -0.25) is 4.79 Å². The van der Waals surface area contributed by atoms with E-state index in [9.17, 15) is 4.79 Å². The van der Waals surface area contributed by atoms with Crippen LogP contribution in [0.5, 0.6) is 0 Å². The maximum atomic E-state index is 12.9. The molecule has 2 aromatic rings. The third kappa shape index (κ3) is 2.03. The largest absolute Gasteiger partial charge is 0.341 e. The Balaban J connectivity index is 1.62. The number of aryl methyl sites for hydroxylation is 1. The number of rotatable bonds is 1. The van der Waals surface area contributed by atoms with E-state index >= 15 is 0 Å². The van der Waals surface area contributed by atoms with Crippen molar-refractivity contribution >= 4 is 17.5 Å². The molecular formula is C18H20N4O. The van der Waals surface area contributed by atoms with E-state index in [1.54, 1.807) is 0 Å². The first-order valence-corrected chi connectivity index (χ1v) is 8.03. The Morgan fingerprint density at radius 2 is 1.74 bits per heavy atom. The zero-order valence-corrected chi connectivity index (χ0v) is 13.5. The van der Waals surface area contributed by atoms with Gasteiger partial charge in [0.25, 0.3) is 0 Å². The van der Waals surface area contributed by atoms with Crippen LogP contribution in [-0.2, 0) is 10.2 Å². The lowest BCUT2D eigenvalue weighted by Gasteiger charge is -2.38. The van der Waals surface area contributed by atoms with Crippen LogP contribution in [0.1, 0.15) is 24.0 Å². The van der Waals surface area contributed by atoms with E-state index in [4.69, 9.17) is 0 Å². The van der Waals surface area contributed by atoms with Gasteiger partial charge < -0.3 is 9.80 Å². The molecule has 1 aromatic heterocycles. The highest BCUT2D eigenvalue weighted by Gasteiger charge is 2.50. The summed E-state index contributed by atoms with van der Waals surface area (Å²) in [6, 6.07) is 8.17. The maximum absolute atomic E-state index is 12.9. The number of nitrogens with zero attached hydrogens (tertiary/aromatic N) is 4. The number of aromatic nitrogens is 2. The van der Waals surface area contributed by atoms with E-state index in [0.29, 0.717) is 0 Å². The summed E-state index contributed by atoms with van der Waals surface area (Å²) in [7, 11) is 1.88. The second kappa shape index (κ2) is 5.05. The van der Waals surface area contributed by atoms with Crippen LogP contribution in [0, 0.1) is 6.92 Å². The lowest BCUT2D eigenvalue weighted by Crippen LogP contribution is -2.48. The van der Waals surface area contributed by atoms with Gasteiger partial charge in [-0.2, -0.15) is 0 Å². The number of benzene rings is 1. The Kier molecular flexibility index (Phi) is 3.11. The lowest BCUT2D eigenvalue weighted by atomic mass is 9.74. The highest BCUT2D eigenvalue weighted by molar-refractivity contribution is 6.07. The Morgan fingerprint density at radius 3 is 2.43 bits per heavy atom. The molecule has 0 saturated carbocycles. The van der Waals surface area contributed by atoms with Crippen molar-refractivity contribution in [2.24, 2.45) is 0 Å². The Bertz CT molecular complexity index is 748. The van der Waals surface area contributed by atoms with E-state index in [1.165, 1.54) is 5.56 Å². The number of hydrogen-bond donors (Lipinski definition) is 0. The van der Waals surface area contributed by atoms with Gasteiger partial charge in [0.2, 0.25) is 11.9 Å². The van der Waals surface area contributed by atoms with Crippen molar-refractivity contribution in [3.05, 3.63) is 47.8 Å². The molecule has 1 spiro atoms. The molecule has 0 unspecified atom stereocenters. The summed E-state index contributed by atoms with van der Waals surface area (Å²) in [6.07, 6.45) is 5.31. The molecule has 5 heteroatoms. The average molecular weight is 308 g/mol. The fourth-order valence-corrected chi connectivity index (χ4v) is 3.84. The zero-order valence-electron chi connectivity index (χ0n) is 13.5. The van der Waals surface area contributed by atoms with Crippen LogP contribution in [0.15, 0.2) is 36.7 Å². The Labute approximate surface area is 136 Å². The number of carbonyl (C=O) groups is 1. The number of fused-ring (bicyclic) bond motifs is 2. The predicted octanol–water partition coefficient (Wildman–Crippen LogP) is 2.30. The van der Waals surface area contributed by atoms with Crippen LogP contribution in [0.3, 0.4) is 0 Å². The second-order valence-electron chi connectivity index (χ2n) is 6.51. The molecule has 3 heterocycles. The van der Waals surface area contributed by atoms with Gasteiger partial charge in [0.1, 0.15) is 0 Å². The van der Waals surface area contributed by atoms with Crippen LogP contribution in [-0.4, -0.2) is 36.0 Å². The molecule has 0 bridgehead atoms. The van der Waals surface area contributed by atoms with Crippen LogP contribution in [0.2, 0.25) is 0 Å². The van der Waals surface area contributed by atoms with Crippen LogP contribution in [0.25, 0.3) is 0 Å². The number of anilines is 2. The predicted molar refractivity (Wildman–Crippen MR) is 89.7 cm³/mol. The Morgan fingerprint density at radius 1 is 1.09 bits per heavy atom. The summed E-state index contributed by atoms with van der Waals surface area (Å²) in [5, 5.41) is 0. The van der Waals surface area contributed by atoms with E-state index in [-0.39, 0.29) is 11.3 Å². The molecular weight excluding hydrogens is 288 g/mol. The maximum Gasteiger partial charge on any atom is 0.237 e. The highest BCUT2D eigenvalue weighted by Crippen LogP contribution is 2.47. The van der Waals surface area contributed by atoms with Gasteiger partial charge in [0.15, 0.2) is 0 Å². The molecule has 2 aliphatic heterocycles. The molecule has 4 rings (SSSR count). The topological polar surface area (TPSA) is 49.3 Å². The number of likely N-dealkylation sites (N-methyl/N-ethyl adjacent to an activating group) is 1. The monoisotopic (exact) mass is 308 g/mol. The zero-order chi connectivity index (χ0) is 16.0. The van der Waals surface area contributed by atoms with E-state index < -0.39 is 0 Å². The van der Waals surface area contributed by atoms with Crippen molar-refractivity contribution in [1.82, 2.24) is 9.97 Å². The molecule has 23 heavy (non-hydrogen) atoms. The van der Waals surface area contributed by atoms with Gasteiger partial charge in [0.05, 0.1) is 5.41 Å². The highest BCUT2D eigenvalue weighted by atomic mass is 16.2. The van der Waals surface area contributed by atoms with Gasteiger partial charge in [-0.25, -0.2) is 9.97 Å². The smallest absolute Gasteiger partial charge is 0.237 e. The molecule has 0 radical (unpaired) electrons. The number of amides is 1. The van der Waals surface area contributed by atoms with Crippen molar-refractivity contribution in [1.29, 1.82) is 0 Å². The fourth-order valence-electron chi connectivity index (χ4n) is 3.84. The van der Waals surface area contributed by atoms with Crippen molar-refractivity contribution in [2.75, 3.05) is 29.9 Å². The third-order valence-corrected chi connectivity index (χ3v) is 5.16. The standard InChI is InChI=1S/C18H20N4O/c1-13-11-19-17(20-12-13)22-9-7-18(8-10-22)14-5-3-4-6-15(14)21(2)16(18)23/h3-6,11-12H,7-10H2,1-2H3. The number of piperidine rings is 1. The molecule has 2 aliphatic rings. The molecule has 118 valence electrons. The summed E-state index contributed by atoms with van der Waals surface area (Å²) < 4.78 is 0. The van der Waals surface area contributed by atoms with Gasteiger partial charge in [0, 0.05) is 38.2 Å². The summed E-state index contributed by atoms with van der Waals surface area (Å²) in [6.45, 7) is 3.59. The molecule has 1 saturated heterocycles. The third-order valence-electron chi connectivity index (χ3n) is 5.16. The average Bonchev–Trinajstić information content (AvgIpc) is 2.80.